The quantitative estimate of drug-likeness (QED) is 0.757. The van der Waals surface area contributed by atoms with E-state index < -0.39 is 23.7 Å². The van der Waals surface area contributed by atoms with Gasteiger partial charge in [-0.15, -0.1) is 11.8 Å². The lowest BCUT2D eigenvalue weighted by atomic mass is 10.1. The summed E-state index contributed by atoms with van der Waals surface area (Å²) in [5, 5.41) is 29.4. The molecular weight excluding hydrogens is 340 g/mol. The summed E-state index contributed by atoms with van der Waals surface area (Å²) in [6.07, 6.45) is 0.0143. The maximum absolute atomic E-state index is 10.1. The zero-order valence-electron chi connectivity index (χ0n) is 14.1. The Morgan fingerprint density at radius 3 is 2.44 bits per heavy atom. The van der Waals surface area contributed by atoms with E-state index in [1.165, 1.54) is 11.8 Å². The minimum Gasteiger partial charge on any atom is -0.475 e. The summed E-state index contributed by atoms with van der Waals surface area (Å²) in [5.74, 6) is 0.816. The predicted molar refractivity (Wildman–Crippen MR) is 98.9 cm³/mol. The van der Waals surface area contributed by atoms with Gasteiger partial charge < -0.3 is 25.0 Å². The van der Waals surface area contributed by atoms with E-state index in [1.807, 2.05) is 49.3 Å². The van der Waals surface area contributed by atoms with E-state index in [0.717, 1.165) is 16.8 Å². The van der Waals surface area contributed by atoms with E-state index in [1.54, 1.807) is 12.4 Å². The third-order valence-corrected chi connectivity index (χ3v) is 5.37. The van der Waals surface area contributed by atoms with Crippen molar-refractivity contribution in [2.24, 2.45) is 0 Å². The van der Waals surface area contributed by atoms with Gasteiger partial charge in [0.15, 0.2) is 5.44 Å². The molecule has 0 aliphatic carbocycles. The Labute approximate surface area is 151 Å². The van der Waals surface area contributed by atoms with Crippen LogP contribution in [0.15, 0.2) is 42.7 Å². The lowest BCUT2D eigenvalue weighted by Gasteiger charge is -2.34. The Balaban J connectivity index is 1.75. The summed E-state index contributed by atoms with van der Waals surface area (Å²) in [6.45, 7) is 0. The number of hydrogen-bond donors (Lipinski definition) is 3. The molecule has 2 heterocycles. The second kappa shape index (κ2) is 7.61. The zero-order valence-corrected chi connectivity index (χ0v) is 14.9. The molecule has 0 radical (unpaired) electrons. The summed E-state index contributed by atoms with van der Waals surface area (Å²) in [4.78, 5) is 6.24. The topological polar surface area (TPSA) is 86.1 Å². The van der Waals surface area contributed by atoms with Crippen LogP contribution in [0.5, 0.6) is 5.75 Å². The predicted octanol–water partition coefficient (Wildman–Crippen LogP) is 1.35. The number of aliphatic hydroxyl groups is 3. The molecule has 4 atom stereocenters. The van der Waals surface area contributed by atoms with Crippen molar-refractivity contribution in [3.8, 4) is 16.9 Å². The van der Waals surface area contributed by atoms with Crippen molar-refractivity contribution in [2.75, 3.05) is 24.7 Å². The van der Waals surface area contributed by atoms with Crippen molar-refractivity contribution >= 4 is 17.4 Å². The van der Waals surface area contributed by atoms with Crippen LogP contribution in [0.25, 0.3) is 11.1 Å². The summed E-state index contributed by atoms with van der Waals surface area (Å²) in [7, 11) is 3.98. The van der Waals surface area contributed by atoms with Gasteiger partial charge in [0.25, 0.3) is 0 Å². The summed E-state index contributed by atoms with van der Waals surface area (Å²) < 4.78 is 5.78. The molecule has 6 nitrogen and oxygen atoms in total. The first kappa shape index (κ1) is 18.0. The Morgan fingerprint density at radius 1 is 1.04 bits per heavy atom. The maximum Gasteiger partial charge on any atom is 0.173 e. The molecule has 1 aliphatic heterocycles. The van der Waals surface area contributed by atoms with Gasteiger partial charge in [-0.05, 0) is 23.8 Å². The molecule has 3 N–H and O–H groups in total. The number of thioether (sulfide) groups is 1. The standard InChI is InChI=1S/C18H22N2O4S/c1-20(2)13-5-3-11(4-6-13)12-7-14(9-19-8-12)24-18-17(23)16(22)15(21)10-25-18/h3-9,15-18,21-23H,10H2,1-2H3/t15-,16+,17-,18-/m1/s1. The maximum atomic E-state index is 10.1. The number of aliphatic hydroxyl groups excluding tert-OH is 3. The summed E-state index contributed by atoms with van der Waals surface area (Å²) >= 11 is 1.27. The van der Waals surface area contributed by atoms with E-state index in [0.29, 0.717) is 11.5 Å². The highest BCUT2D eigenvalue weighted by molar-refractivity contribution is 7.99. The van der Waals surface area contributed by atoms with Gasteiger partial charge in [0.2, 0.25) is 0 Å². The number of aromatic nitrogens is 1. The first-order chi connectivity index (χ1) is 12.0. The fourth-order valence-corrected chi connectivity index (χ4v) is 3.73. The number of benzene rings is 1. The molecule has 7 heteroatoms. The van der Waals surface area contributed by atoms with Crippen LogP contribution in [0.1, 0.15) is 0 Å². The first-order valence-electron chi connectivity index (χ1n) is 8.01. The number of rotatable bonds is 4. The first-order valence-corrected chi connectivity index (χ1v) is 9.06. The normalized spacial score (nSPS) is 26.3. The number of pyridine rings is 1. The number of hydrogen-bond acceptors (Lipinski definition) is 7. The van der Waals surface area contributed by atoms with Gasteiger partial charge in [-0.2, -0.15) is 0 Å². The number of nitrogens with zero attached hydrogens (tertiary/aromatic N) is 2. The largest absolute Gasteiger partial charge is 0.475 e. The minimum atomic E-state index is -1.21. The van der Waals surface area contributed by atoms with Crippen LogP contribution >= 0.6 is 11.8 Å². The van der Waals surface area contributed by atoms with Crippen molar-refractivity contribution in [1.82, 2.24) is 4.98 Å². The van der Waals surface area contributed by atoms with Gasteiger partial charge in [0.1, 0.15) is 18.0 Å². The highest BCUT2D eigenvalue weighted by atomic mass is 32.2. The van der Waals surface area contributed by atoms with Crippen molar-refractivity contribution in [2.45, 2.75) is 23.7 Å². The highest BCUT2D eigenvalue weighted by Gasteiger charge is 2.38. The van der Waals surface area contributed by atoms with Crippen LogP contribution in [0.2, 0.25) is 0 Å². The smallest absolute Gasteiger partial charge is 0.173 e. The van der Waals surface area contributed by atoms with Crippen LogP contribution in [-0.4, -0.2) is 63.9 Å². The molecule has 0 unspecified atom stereocenters. The number of anilines is 1. The molecule has 0 saturated carbocycles. The van der Waals surface area contributed by atoms with Gasteiger partial charge in [-0.3, -0.25) is 4.98 Å². The summed E-state index contributed by atoms with van der Waals surface area (Å²) in [6, 6.07) is 9.94. The fraction of sp³-hybridized carbons (Fsp3) is 0.389. The van der Waals surface area contributed by atoms with E-state index in [4.69, 9.17) is 4.74 Å². The van der Waals surface area contributed by atoms with E-state index in [-0.39, 0.29) is 0 Å². The second-order valence-electron chi connectivity index (χ2n) is 6.22. The number of ether oxygens (including phenoxy) is 1. The van der Waals surface area contributed by atoms with Crippen LogP contribution in [0, 0.1) is 0 Å². The van der Waals surface area contributed by atoms with Crippen molar-refractivity contribution in [3.05, 3.63) is 42.7 Å². The third-order valence-electron chi connectivity index (χ3n) is 4.14. The van der Waals surface area contributed by atoms with Crippen molar-refractivity contribution < 1.29 is 20.1 Å². The van der Waals surface area contributed by atoms with Crippen molar-refractivity contribution in [3.63, 3.8) is 0 Å². The molecule has 1 fully saturated rings. The highest BCUT2D eigenvalue weighted by Crippen LogP contribution is 2.31. The average molecular weight is 362 g/mol. The zero-order chi connectivity index (χ0) is 18.0. The summed E-state index contributed by atoms with van der Waals surface area (Å²) in [5.41, 5.74) is 2.37. The Hall–Kier alpha value is -1.80. The molecule has 0 amide bonds. The molecule has 134 valence electrons. The van der Waals surface area contributed by atoms with E-state index in [2.05, 4.69) is 4.98 Å². The van der Waals surface area contributed by atoms with Gasteiger partial charge >= 0.3 is 0 Å². The Bertz CT molecular complexity index is 710. The fourth-order valence-electron chi connectivity index (χ4n) is 2.61. The van der Waals surface area contributed by atoms with Crippen LogP contribution in [-0.2, 0) is 0 Å². The molecule has 2 aromatic rings. The van der Waals surface area contributed by atoms with Gasteiger partial charge in [-0.1, -0.05) is 12.1 Å². The molecule has 1 aromatic carbocycles. The van der Waals surface area contributed by atoms with Crippen LogP contribution in [0.4, 0.5) is 5.69 Å². The minimum absolute atomic E-state index is 0.308. The van der Waals surface area contributed by atoms with Crippen LogP contribution < -0.4 is 9.64 Å². The monoisotopic (exact) mass is 362 g/mol. The van der Waals surface area contributed by atoms with E-state index >= 15 is 0 Å². The van der Waals surface area contributed by atoms with E-state index in [9.17, 15) is 15.3 Å². The molecule has 25 heavy (non-hydrogen) atoms. The molecular formula is C18H22N2O4S. The van der Waals surface area contributed by atoms with Gasteiger partial charge in [0.05, 0.1) is 12.3 Å². The van der Waals surface area contributed by atoms with Gasteiger partial charge in [0, 0.05) is 37.3 Å². The van der Waals surface area contributed by atoms with Crippen LogP contribution in [0.3, 0.4) is 0 Å². The molecule has 0 spiro atoms. The molecule has 1 saturated heterocycles. The second-order valence-corrected chi connectivity index (χ2v) is 7.35. The molecule has 1 aliphatic rings. The molecule has 0 bridgehead atoms. The molecule has 1 aromatic heterocycles. The lowest BCUT2D eigenvalue weighted by molar-refractivity contribution is -0.0786. The van der Waals surface area contributed by atoms with Crippen molar-refractivity contribution in [1.29, 1.82) is 0 Å². The van der Waals surface area contributed by atoms with Gasteiger partial charge in [-0.25, -0.2) is 0 Å². The Morgan fingerprint density at radius 2 is 1.76 bits per heavy atom. The average Bonchev–Trinajstić information content (AvgIpc) is 2.62. The molecule has 3 rings (SSSR count). The SMILES string of the molecule is CN(C)c1ccc(-c2cncc(O[C@@H]3SC[C@@H](O)[C@H](O)[C@H]3O)c2)cc1. The lowest BCUT2D eigenvalue weighted by Crippen LogP contribution is -2.50. The Kier molecular flexibility index (Phi) is 5.48. The third kappa shape index (κ3) is 4.07.